The predicted octanol–water partition coefficient (Wildman–Crippen LogP) is 3.20. The number of ether oxygens (including phenoxy) is 2. The van der Waals surface area contributed by atoms with Gasteiger partial charge in [-0.05, 0) is 35.7 Å². The van der Waals surface area contributed by atoms with E-state index >= 15 is 0 Å². The van der Waals surface area contributed by atoms with Crippen LogP contribution >= 0.6 is 0 Å². The van der Waals surface area contributed by atoms with Crippen molar-refractivity contribution < 1.29 is 14.3 Å². The lowest BCUT2D eigenvalue weighted by molar-refractivity contribution is 0.0600. The topological polar surface area (TPSA) is 61.5 Å². The Balaban J connectivity index is 2.09. The van der Waals surface area contributed by atoms with E-state index in [1.165, 1.54) is 12.7 Å². The number of aryl methyl sites for hydroxylation is 1. The summed E-state index contributed by atoms with van der Waals surface area (Å²) in [6.45, 7) is 2.52. The van der Waals surface area contributed by atoms with Gasteiger partial charge >= 0.3 is 5.97 Å². The first kappa shape index (κ1) is 14.9. The molecule has 2 aromatic carbocycles. The fourth-order valence-corrected chi connectivity index (χ4v) is 1.94. The molecule has 2 rings (SSSR count). The number of rotatable bonds is 5. The molecule has 0 spiro atoms. The highest BCUT2D eigenvalue weighted by molar-refractivity contribution is 5.90. The molecule has 2 aromatic rings. The second-order valence-corrected chi connectivity index (χ2v) is 4.70. The maximum absolute atomic E-state index is 11.5. The molecular formula is C17H19NO3. The number of benzene rings is 2. The van der Waals surface area contributed by atoms with Crippen molar-refractivity contribution in [1.29, 1.82) is 0 Å². The fraction of sp³-hybridized carbons (Fsp3) is 0.235. The van der Waals surface area contributed by atoms with Gasteiger partial charge in [0, 0.05) is 0 Å². The largest absolute Gasteiger partial charge is 0.487 e. The van der Waals surface area contributed by atoms with Crippen LogP contribution < -0.4 is 10.5 Å². The molecule has 2 N–H and O–H groups in total. The average molecular weight is 285 g/mol. The second-order valence-electron chi connectivity index (χ2n) is 4.70. The van der Waals surface area contributed by atoms with Crippen LogP contribution in [-0.4, -0.2) is 13.1 Å². The van der Waals surface area contributed by atoms with Gasteiger partial charge in [-0.3, -0.25) is 0 Å². The van der Waals surface area contributed by atoms with Crippen LogP contribution in [0.25, 0.3) is 0 Å². The molecule has 0 aliphatic heterocycles. The van der Waals surface area contributed by atoms with E-state index in [2.05, 4.69) is 23.8 Å². The van der Waals surface area contributed by atoms with E-state index in [-0.39, 0.29) is 0 Å². The third-order valence-corrected chi connectivity index (χ3v) is 3.26. The van der Waals surface area contributed by atoms with Crippen molar-refractivity contribution in [3.05, 3.63) is 59.2 Å². The standard InChI is InChI=1S/C17H19NO3/c1-3-12-4-6-13(7-5-12)11-21-16-10-14(17(19)20-2)8-9-15(16)18/h4-10H,3,11,18H2,1-2H3. The van der Waals surface area contributed by atoms with Gasteiger partial charge in [0.1, 0.15) is 12.4 Å². The lowest BCUT2D eigenvalue weighted by Gasteiger charge is -2.10. The molecule has 0 radical (unpaired) electrons. The summed E-state index contributed by atoms with van der Waals surface area (Å²) >= 11 is 0. The number of carbonyl (C=O) groups is 1. The molecule has 0 aromatic heterocycles. The first-order valence-electron chi connectivity index (χ1n) is 6.82. The Morgan fingerprint density at radius 1 is 1.10 bits per heavy atom. The monoisotopic (exact) mass is 285 g/mol. The molecule has 0 aliphatic carbocycles. The Morgan fingerprint density at radius 2 is 1.76 bits per heavy atom. The molecule has 110 valence electrons. The highest BCUT2D eigenvalue weighted by Gasteiger charge is 2.09. The van der Waals surface area contributed by atoms with Crippen molar-refractivity contribution in [2.24, 2.45) is 0 Å². The van der Waals surface area contributed by atoms with E-state index < -0.39 is 5.97 Å². The average Bonchev–Trinajstić information content (AvgIpc) is 2.53. The summed E-state index contributed by atoms with van der Waals surface area (Å²) in [5.74, 6) is 0.0737. The predicted molar refractivity (Wildman–Crippen MR) is 82.3 cm³/mol. The van der Waals surface area contributed by atoms with E-state index in [0.717, 1.165) is 12.0 Å². The second kappa shape index (κ2) is 6.79. The van der Waals surface area contributed by atoms with Crippen molar-refractivity contribution in [3.8, 4) is 5.75 Å². The zero-order valence-corrected chi connectivity index (χ0v) is 12.3. The van der Waals surface area contributed by atoms with Crippen LogP contribution in [0.1, 0.15) is 28.4 Å². The van der Waals surface area contributed by atoms with E-state index in [9.17, 15) is 4.79 Å². The van der Waals surface area contributed by atoms with Gasteiger partial charge < -0.3 is 15.2 Å². The Kier molecular flexibility index (Phi) is 4.82. The number of carbonyl (C=O) groups excluding carboxylic acids is 1. The van der Waals surface area contributed by atoms with E-state index in [1.807, 2.05) is 12.1 Å². The lowest BCUT2D eigenvalue weighted by atomic mass is 10.1. The third kappa shape index (κ3) is 3.75. The Hall–Kier alpha value is -2.49. The van der Waals surface area contributed by atoms with Crippen molar-refractivity contribution in [2.75, 3.05) is 12.8 Å². The summed E-state index contributed by atoms with van der Waals surface area (Å²) in [6.07, 6.45) is 1.01. The van der Waals surface area contributed by atoms with Crippen LogP contribution in [0.15, 0.2) is 42.5 Å². The zero-order valence-electron chi connectivity index (χ0n) is 12.3. The summed E-state index contributed by atoms with van der Waals surface area (Å²) in [6, 6.07) is 13.1. The summed E-state index contributed by atoms with van der Waals surface area (Å²) in [7, 11) is 1.34. The van der Waals surface area contributed by atoms with Crippen molar-refractivity contribution in [2.45, 2.75) is 20.0 Å². The van der Waals surface area contributed by atoms with E-state index in [1.54, 1.807) is 18.2 Å². The molecule has 0 bridgehead atoms. The molecule has 0 fully saturated rings. The van der Waals surface area contributed by atoms with Gasteiger partial charge in [0.2, 0.25) is 0 Å². The molecule has 0 heterocycles. The summed E-state index contributed by atoms with van der Waals surface area (Å²) < 4.78 is 10.4. The first-order valence-corrected chi connectivity index (χ1v) is 6.82. The highest BCUT2D eigenvalue weighted by Crippen LogP contribution is 2.24. The molecule has 0 saturated carbocycles. The SMILES string of the molecule is CCc1ccc(COc2cc(C(=O)OC)ccc2N)cc1. The van der Waals surface area contributed by atoms with Crippen LogP contribution in [0.4, 0.5) is 5.69 Å². The molecule has 4 heteroatoms. The smallest absolute Gasteiger partial charge is 0.337 e. The van der Waals surface area contributed by atoms with Gasteiger partial charge in [-0.25, -0.2) is 4.79 Å². The number of nitrogens with two attached hydrogens (primary N) is 1. The fourth-order valence-electron chi connectivity index (χ4n) is 1.94. The van der Waals surface area contributed by atoms with Crippen LogP contribution in [0.3, 0.4) is 0 Å². The van der Waals surface area contributed by atoms with Crippen molar-refractivity contribution >= 4 is 11.7 Å². The minimum Gasteiger partial charge on any atom is -0.487 e. The Bertz CT molecular complexity index is 620. The van der Waals surface area contributed by atoms with Crippen molar-refractivity contribution in [3.63, 3.8) is 0 Å². The minimum atomic E-state index is -0.410. The Labute approximate surface area is 124 Å². The van der Waals surface area contributed by atoms with Gasteiger partial charge in [0.25, 0.3) is 0 Å². The van der Waals surface area contributed by atoms with E-state index in [4.69, 9.17) is 10.5 Å². The van der Waals surface area contributed by atoms with Gasteiger partial charge in [-0.2, -0.15) is 0 Å². The maximum Gasteiger partial charge on any atom is 0.337 e. The molecular weight excluding hydrogens is 266 g/mol. The van der Waals surface area contributed by atoms with Gasteiger partial charge in [0.15, 0.2) is 0 Å². The molecule has 0 aliphatic rings. The number of methoxy groups -OCH3 is 1. The van der Waals surface area contributed by atoms with Crippen molar-refractivity contribution in [1.82, 2.24) is 0 Å². The quantitative estimate of drug-likeness (QED) is 0.677. The number of nitrogen functional groups attached to an aromatic ring is 1. The van der Waals surface area contributed by atoms with E-state index in [0.29, 0.717) is 23.6 Å². The third-order valence-electron chi connectivity index (χ3n) is 3.26. The van der Waals surface area contributed by atoms with Crippen LogP contribution in [0.2, 0.25) is 0 Å². The normalized spacial score (nSPS) is 10.2. The summed E-state index contributed by atoms with van der Waals surface area (Å²) in [4.78, 5) is 11.5. The number of anilines is 1. The summed E-state index contributed by atoms with van der Waals surface area (Å²) in [5, 5.41) is 0. The number of hydrogen-bond acceptors (Lipinski definition) is 4. The lowest BCUT2D eigenvalue weighted by Crippen LogP contribution is -2.04. The van der Waals surface area contributed by atoms with Gasteiger partial charge in [-0.15, -0.1) is 0 Å². The van der Waals surface area contributed by atoms with Gasteiger partial charge in [0.05, 0.1) is 18.4 Å². The van der Waals surface area contributed by atoms with Crippen LogP contribution in [0.5, 0.6) is 5.75 Å². The molecule has 0 atom stereocenters. The zero-order chi connectivity index (χ0) is 15.2. The summed E-state index contributed by atoms with van der Waals surface area (Å²) in [5.41, 5.74) is 9.11. The molecule has 21 heavy (non-hydrogen) atoms. The molecule has 0 saturated heterocycles. The minimum absolute atomic E-state index is 0.402. The molecule has 0 unspecified atom stereocenters. The number of hydrogen-bond donors (Lipinski definition) is 1. The van der Waals surface area contributed by atoms with Crippen LogP contribution in [-0.2, 0) is 17.8 Å². The Morgan fingerprint density at radius 3 is 2.38 bits per heavy atom. The van der Waals surface area contributed by atoms with Gasteiger partial charge in [-0.1, -0.05) is 31.2 Å². The van der Waals surface area contributed by atoms with Crippen LogP contribution in [0, 0.1) is 0 Å². The molecule has 0 amide bonds. The maximum atomic E-state index is 11.5. The first-order chi connectivity index (χ1) is 10.1. The highest BCUT2D eigenvalue weighted by atomic mass is 16.5. The molecule has 4 nitrogen and oxygen atoms in total. The number of esters is 1.